The molecule has 0 aliphatic rings. The Morgan fingerprint density at radius 3 is 2.88 bits per heavy atom. The van der Waals surface area contributed by atoms with Crippen LogP contribution >= 0.6 is 11.3 Å². The van der Waals surface area contributed by atoms with Crippen LogP contribution in [0.3, 0.4) is 0 Å². The molecule has 0 bridgehead atoms. The van der Waals surface area contributed by atoms with Gasteiger partial charge < -0.3 is 14.2 Å². The molecule has 0 spiro atoms. The number of aromatic nitrogens is 2. The zero-order valence-corrected chi connectivity index (χ0v) is 14.5. The van der Waals surface area contributed by atoms with Crippen LogP contribution in [-0.2, 0) is 11.3 Å². The maximum absolute atomic E-state index is 12.2. The van der Waals surface area contributed by atoms with E-state index < -0.39 is 5.97 Å². The van der Waals surface area contributed by atoms with Crippen molar-refractivity contribution in [3.05, 3.63) is 57.5 Å². The molecular weight excluding hydrogens is 344 g/mol. The molecule has 2 aromatic heterocycles. The molecule has 0 saturated heterocycles. The highest BCUT2D eigenvalue weighted by Gasteiger charge is 2.13. The van der Waals surface area contributed by atoms with Gasteiger partial charge in [0, 0.05) is 17.6 Å². The monoisotopic (exact) mass is 360 g/mol. The molecule has 130 valence electrons. The highest BCUT2D eigenvalue weighted by molar-refractivity contribution is 7.15. The van der Waals surface area contributed by atoms with Crippen molar-refractivity contribution in [1.82, 2.24) is 9.38 Å². The molecule has 3 aromatic rings. The lowest BCUT2D eigenvalue weighted by atomic mass is 10.2. The number of esters is 1. The van der Waals surface area contributed by atoms with E-state index in [1.54, 1.807) is 29.8 Å². The average molecular weight is 360 g/mol. The van der Waals surface area contributed by atoms with E-state index in [2.05, 4.69) is 4.98 Å². The number of fused-ring (bicyclic) bond motifs is 1. The van der Waals surface area contributed by atoms with Crippen LogP contribution in [0.4, 0.5) is 0 Å². The van der Waals surface area contributed by atoms with Crippen LogP contribution in [0, 0.1) is 0 Å². The Labute approximate surface area is 147 Å². The third kappa shape index (κ3) is 3.63. The van der Waals surface area contributed by atoms with Gasteiger partial charge in [-0.2, -0.15) is 0 Å². The number of carbonyl (C=O) groups excluding carboxylic acids is 1. The summed E-state index contributed by atoms with van der Waals surface area (Å²) in [7, 11) is 1.53. The van der Waals surface area contributed by atoms with Crippen molar-refractivity contribution in [1.29, 1.82) is 0 Å². The summed E-state index contributed by atoms with van der Waals surface area (Å²) in [5, 5.41) is 1.77. The number of rotatable bonds is 6. The number of benzene rings is 1. The molecule has 0 fully saturated rings. The molecule has 8 heteroatoms. The lowest BCUT2D eigenvalue weighted by Crippen LogP contribution is -2.14. The largest absolute Gasteiger partial charge is 0.493 e. The summed E-state index contributed by atoms with van der Waals surface area (Å²) in [6.45, 7) is 2.21. The minimum absolute atomic E-state index is 0.0849. The Bertz CT molecular complexity index is 963. The molecule has 0 unspecified atom stereocenters. The first-order chi connectivity index (χ1) is 12.1. The fraction of sp³-hybridized carbons (Fsp3) is 0.235. The van der Waals surface area contributed by atoms with Crippen LogP contribution in [0.2, 0.25) is 0 Å². The van der Waals surface area contributed by atoms with Crippen LogP contribution in [0.5, 0.6) is 11.5 Å². The SMILES string of the molecule is CCOc1cc(C(=O)OCc2cc(=O)n3ccsc3n2)ccc1OC. The second kappa shape index (κ2) is 7.35. The van der Waals surface area contributed by atoms with E-state index >= 15 is 0 Å². The van der Waals surface area contributed by atoms with Crippen molar-refractivity contribution in [2.75, 3.05) is 13.7 Å². The Kier molecular flexibility index (Phi) is 4.99. The minimum atomic E-state index is -0.531. The standard InChI is InChI=1S/C17H16N2O5S/c1-3-23-14-8-11(4-5-13(14)22-2)16(21)24-10-12-9-15(20)19-6-7-25-17(19)18-12/h4-9H,3,10H2,1-2H3. The normalized spacial score (nSPS) is 10.6. The van der Waals surface area contributed by atoms with Gasteiger partial charge in [0.05, 0.1) is 25.0 Å². The predicted octanol–water partition coefficient (Wildman–Crippen LogP) is 2.52. The number of methoxy groups -OCH3 is 1. The quantitative estimate of drug-likeness (QED) is 0.629. The maximum Gasteiger partial charge on any atom is 0.338 e. The Morgan fingerprint density at radius 2 is 2.12 bits per heavy atom. The van der Waals surface area contributed by atoms with E-state index in [0.717, 1.165) is 0 Å². The maximum atomic E-state index is 12.2. The number of hydrogen-bond acceptors (Lipinski definition) is 7. The van der Waals surface area contributed by atoms with E-state index in [1.165, 1.54) is 28.9 Å². The molecule has 0 atom stereocenters. The summed E-state index contributed by atoms with van der Waals surface area (Å²) in [5.74, 6) is 0.476. The van der Waals surface area contributed by atoms with Crippen molar-refractivity contribution in [3.63, 3.8) is 0 Å². The van der Waals surface area contributed by atoms with Crippen molar-refractivity contribution in [2.24, 2.45) is 0 Å². The highest BCUT2D eigenvalue weighted by Crippen LogP contribution is 2.28. The minimum Gasteiger partial charge on any atom is -0.493 e. The van der Waals surface area contributed by atoms with Gasteiger partial charge in [-0.3, -0.25) is 9.20 Å². The highest BCUT2D eigenvalue weighted by atomic mass is 32.1. The van der Waals surface area contributed by atoms with Gasteiger partial charge >= 0.3 is 5.97 Å². The topological polar surface area (TPSA) is 79.1 Å². The summed E-state index contributed by atoms with van der Waals surface area (Å²) < 4.78 is 17.3. The number of hydrogen-bond donors (Lipinski definition) is 0. The van der Waals surface area contributed by atoms with Gasteiger partial charge in [0.25, 0.3) is 5.56 Å². The molecule has 0 amide bonds. The van der Waals surface area contributed by atoms with E-state index in [4.69, 9.17) is 14.2 Å². The molecule has 3 rings (SSSR count). The third-order valence-electron chi connectivity index (χ3n) is 3.41. The van der Waals surface area contributed by atoms with Crippen LogP contribution in [0.25, 0.3) is 4.96 Å². The zero-order valence-electron chi connectivity index (χ0n) is 13.7. The first-order valence-electron chi connectivity index (χ1n) is 7.56. The summed E-state index contributed by atoms with van der Waals surface area (Å²) in [5.41, 5.74) is 0.526. The van der Waals surface area contributed by atoms with Crippen LogP contribution < -0.4 is 15.0 Å². The number of nitrogens with zero attached hydrogens (tertiary/aromatic N) is 2. The second-order valence-electron chi connectivity index (χ2n) is 5.02. The van der Waals surface area contributed by atoms with Gasteiger partial charge in [0.2, 0.25) is 0 Å². The second-order valence-corrected chi connectivity index (χ2v) is 5.89. The smallest absolute Gasteiger partial charge is 0.338 e. The van der Waals surface area contributed by atoms with Gasteiger partial charge in [-0.05, 0) is 25.1 Å². The first-order valence-corrected chi connectivity index (χ1v) is 8.44. The van der Waals surface area contributed by atoms with Crippen molar-refractivity contribution < 1.29 is 19.0 Å². The van der Waals surface area contributed by atoms with E-state index in [-0.39, 0.29) is 12.2 Å². The van der Waals surface area contributed by atoms with Gasteiger partial charge in [0.1, 0.15) is 6.61 Å². The van der Waals surface area contributed by atoms with E-state index in [1.807, 2.05) is 6.92 Å². The Hall–Kier alpha value is -2.87. The van der Waals surface area contributed by atoms with Crippen LogP contribution in [0.1, 0.15) is 23.0 Å². The van der Waals surface area contributed by atoms with Gasteiger partial charge in [-0.1, -0.05) is 0 Å². The van der Waals surface area contributed by atoms with Crippen molar-refractivity contribution in [3.8, 4) is 11.5 Å². The van der Waals surface area contributed by atoms with Gasteiger partial charge in [-0.15, -0.1) is 11.3 Å². The Morgan fingerprint density at radius 1 is 1.28 bits per heavy atom. The number of thiazole rings is 1. The van der Waals surface area contributed by atoms with Crippen LogP contribution in [-0.4, -0.2) is 29.1 Å². The summed E-state index contributed by atoms with van der Waals surface area (Å²) in [6.07, 6.45) is 1.65. The van der Waals surface area contributed by atoms with Gasteiger partial charge in [0.15, 0.2) is 16.5 Å². The Balaban J connectivity index is 1.75. The lowest BCUT2D eigenvalue weighted by molar-refractivity contribution is 0.0467. The fourth-order valence-corrected chi connectivity index (χ4v) is 3.00. The molecular formula is C17H16N2O5S. The molecule has 0 aliphatic heterocycles. The van der Waals surface area contributed by atoms with Crippen molar-refractivity contribution in [2.45, 2.75) is 13.5 Å². The molecule has 0 aliphatic carbocycles. The first kappa shape index (κ1) is 17.0. The summed E-state index contributed by atoms with van der Waals surface area (Å²) >= 11 is 1.34. The molecule has 0 N–H and O–H groups in total. The average Bonchev–Trinajstić information content (AvgIpc) is 3.09. The summed E-state index contributed by atoms with van der Waals surface area (Å²) in [6, 6.07) is 6.15. The zero-order chi connectivity index (χ0) is 17.8. The molecule has 0 radical (unpaired) electrons. The predicted molar refractivity (Wildman–Crippen MR) is 92.6 cm³/mol. The molecule has 1 aromatic carbocycles. The number of ether oxygens (including phenoxy) is 3. The van der Waals surface area contributed by atoms with Crippen LogP contribution in [0.15, 0.2) is 40.6 Å². The molecule has 2 heterocycles. The summed E-state index contributed by atoms with van der Waals surface area (Å²) in [4.78, 5) is 29.0. The third-order valence-corrected chi connectivity index (χ3v) is 4.16. The number of carbonyl (C=O) groups is 1. The van der Waals surface area contributed by atoms with Crippen molar-refractivity contribution >= 4 is 22.3 Å². The molecule has 7 nitrogen and oxygen atoms in total. The van der Waals surface area contributed by atoms with E-state index in [0.29, 0.717) is 34.3 Å². The van der Waals surface area contributed by atoms with Gasteiger partial charge in [-0.25, -0.2) is 9.78 Å². The molecule has 25 heavy (non-hydrogen) atoms. The molecule has 0 saturated carbocycles. The fourth-order valence-electron chi connectivity index (χ4n) is 2.26. The lowest BCUT2D eigenvalue weighted by Gasteiger charge is -2.11. The van der Waals surface area contributed by atoms with E-state index in [9.17, 15) is 9.59 Å².